The molecular formula is C20H29F3N2O. The first-order valence-corrected chi connectivity index (χ1v) is 9.81. The minimum absolute atomic E-state index is 0.0340. The van der Waals surface area contributed by atoms with Gasteiger partial charge in [0, 0.05) is 25.2 Å². The summed E-state index contributed by atoms with van der Waals surface area (Å²) in [4.78, 5) is 17.5. The molecule has 0 saturated carbocycles. The summed E-state index contributed by atoms with van der Waals surface area (Å²) < 4.78 is 38.4. The largest absolute Gasteiger partial charge is 0.416 e. The molecule has 0 N–H and O–H groups in total. The van der Waals surface area contributed by atoms with Crippen molar-refractivity contribution in [3.05, 3.63) is 23.8 Å². The van der Waals surface area contributed by atoms with Crippen LogP contribution in [-0.4, -0.2) is 53.6 Å². The van der Waals surface area contributed by atoms with Crippen LogP contribution >= 0.6 is 0 Å². The van der Waals surface area contributed by atoms with Crippen molar-refractivity contribution in [3.63, 3.8) is 0 Å². The van der Waals surface area contributed by atoms with E-state index in [-0.39, 0.29) is 17.4 Å². The average Bonchev–Trinajstić information content (AvgIpc) is 2.92. The molecule has 2 unspecified atom stereocenters. The Bertz CT molecular complexity index is 594. The lowest BCUT2D eigenvalue weighted by atomic mass is 9.77. The molecule has 0 bridgehead atoms. The predicted molar refractivity (Wildman–Crippen MR) is 95.6 cm³/mol. The highest BCUT2D eigenvalue weighted by molar-refractivity contribution is 5.85. The summed E-state index contributed by atoms with van der Waals surface area (Å²) in [5.41, 5.74) is -0.889. The number of hydrogen-bond acceptors (Lipinski definition) is 2. The molecular weight excluding hydrogens is 341 g/mol. The fraction of sp³-hybridized carbons (Fsp3) is 0.750. The van der Waals surface area contributed by atoms with Crippen molar-refractivity contribution < 1.29 is 18.0 Å². The van der Waals surface area contributed by atoms with Gasteiger partial charge in [0.05, 0.1) is 11.0 Å². The van der Waals surface area contributed by atoms with Crippen LogP contribution in [0.2, 0.25) is 0 Å². The van der Waals surface area contributed by atoms with Crippen molar-refractivity contribution in [2.75, 3.05) is 19.6 Å². The Hall–Kier alpha value is -1.30. The number of piperidine rings is 1. The van der Waals surface area contributed by atoms with Crippen LogP contribution in [0.25, 0.3) is 0 Å². The van der Waals surface area contributed by atoms with Gasteiger partial charge in [-0.2, -0.15) is 13.2 Å². The SMILES string of the molecule is CCC(CC)N1CCC2(CCCN(C3C=CC(C(F)(F)F)=CC3)C2)C1=O. The molecule has 0 aromatic carbocycles. The monoisotopic (exact) mass is 370 g/mol. The molecule has 3 rings (SSSR count). The van der Waals surface area contributed by atoms with E-state index in [1.54, 1.807) is 6.08 Å². The number of nitrogens with zero attached hydrogens (tertiary/aromatic N) is 2. The zero-order valence-electron chi connectivity index (χ0n) is 15.7. The van der Waals surface area contributed by atoms with E-state index in [1.807, 2.05) is 0 Å². The normalized spacial score (nSPS) is 30.5. The Morgan fingerprint density at radius 2 is 1.96 bits per heavy atom. The molecule has 2 atom stereocenters. The van der Waals surface area contributed by atoms with Gasteiger partial charge in [-0.1, -0.05) is 32.1 Å². The maximum atomic E-state index is 13.2. The standard InChI is InChI=1S/C20H29F3N2O/c1-3-16(4-2)25-13-11-19(18(25)26)10-5-12-24(14-19)17-8-6-15(7-9-17)20(21,22)23/h6-8,16-17H,3-5,9-14H2,1-2H3. The highest BCUT2D eigenvalue weighted by Crippen LogP contribution is 2.42. The molecule has 1 spiro atoms. The molecule has 0 aromatic rings. The van der Waals surface area contributed by atoms with Gasteiger partial charge in [0.25, 0.3) is 0 Å². The third kappa shape index (κ3) is 3.57. The van der Waals surface area contributed by atoms with Gasteiger partial charge < -0.3 is 4.90 Å². The van der Waals surface area contributed by atoms with Crippen LogP contribution in [0.5, 0.6) is 0 Å². The molecule has 1 aliphatic carbocycles. The molecule has 3 nitrogen and oxygen atoms in total. The fourth-order valence-electron chi connectivity index (χ4n) is 4.84. The first-order valence-electron chi connectivity index (χ1n) is 9.81. The first-order chi connectivity index (χ1) is 12.3. The lowest BCUT2D eigenvalue weighted by molar-refractivity contribution is -0.141. The van der Waals surface area contributed by atoms with E-state index >= 15 is 0 Å². The third-order valence-electron chi connectivity index (χ3n) is 6.41. The Kier molecular flexibility index (Phi) is 5.52. The van der Waals surface area contributed by atoms with Gasteiger partial charge in [-0.15, -0.1) is 0 Å². The topological polar surface area (TPSA) is 23.6 Å². The summed E-state index contributed by atoms with van der Waals surface area (Å²) in [6.45, 7) is 6.59. The molecule has 3 aliphatic rings. The predicted octanol–water partition coefficient (Wildman–Crippen LogP) is 4.31. The Labute approximate surface area is 153 Å². The quantitative estimate of drug-likeness (QED) is 0.736. The number of allylic oxidation sites excluding steroid dienone is 2. The molecule has 2 aliphatic heterocycles. The molecule has 26 heavy (non-hydrogen) atoms. The van der Waals surface area contributed by atoms with E-state index in [4.69, 9.17) is 0 Å². The number of likely N-dealkylation sites (tertiary alicyclic amines) is 2. The van der Waals surface area contributed by atoms with Crippen LogP contribution in [-0.2, 0) is 4.79 Å². The summed E-state index contributed by atoms with van der Waals surface area (Å²) in [5, 5.41) is 0. The van der Waals surface area contributed by atoms with Gasteiger partial charge in [0.2, 0.25) is 5.91 Å². The molecule has 0 aromatic heterocycles. The van der Waals surface area contributed by atoms with Crippen molar-refractivity contribution in [2.45, 2.75) is 70.6 Å². The molecule has 0 radical (unpaired) electrons. The Morgan fingerprint density at radius 3 is 2.54 bits per heavy atom. The van der Waals surface area contributed by atoms with Gasteiger partial charge in [-0.05, 0) is 45.1 Å². The van der Waals surface area contributed by atoms with Gasteiger partial charge in [0.1, 0.15) is 0 Å². The minimum Gasteiger partial charge on any atom is -0.339 e. The van der Waals surface area contributed by atoms with Crippen LogP contribution in [0, 0.1) is 5.41 Å². The second-order valence-electron chi connectivity index (χ2n) is 7.89. The van der Waals surface area contributed by atoms with Crippen LogP contribution in [0.3, 0.4) is 0 Å². The van der Waals surface area contributed by atoms with Gasteiger partial charge in [0.15, 0.2) is 0 Å². The number of halogens is 3. The molecule has 2 fully saturated rings. The summed E-state index contributed by atoms with van der Waals surface area (Å²) in [5.74, 6) is 0.266. The highest BCUT2D eigenvalue weighted by Gasteiger charge is 2.50. The lowest BCUT2D eigenvalue weighted by Crippen LogP contribution is -2.51. The Morgan fingerprint density at radius 1 is 1.23 bits per heavy atom. The van der Waals surface area contributed by atoms with E-state index in [9.17, 15) is 18.0 Å². The number of amides is 1. The van der Waals surface area contributed by atoms with Crippen molar-refractivity contribution in [1.82, 2.24) is 9.80 Å². The average molecular weight is 370 g/mol. The highest BCUT2D eigenvalue weighted by atomic mass is 19.4. The minimum atomic E-state index is -4.28. The number of rotatable bonds is 4. The second kappa shape index (κ2) is 7.37. The molecule has 146 valence electrons. The second-order valence-corrected chi connectivity index (χ2v) is 7.89. The lowest BCUT2D eigenvalue weighted by Gasteiger charge is -2.43. The van der Waals surface area contributed by atoms with Crippen LogP contribution in [0.4, 0.5) is 13.2 Å². The molecule has 2 saturated heterocycles. The Balaban J connectivity index is 1.68. The molecule has 2 heterocycles. The summed E-state index contributed by atoms with van der Waals surface area (Å²) in [7, 11) is 0. The van der Waals surface area contributed by atoms with Crippen LogP contribution < -0.4 is 0 Å². The number of hydrogen-bond donors (Lipinski definition) is 0. The summed E-state index contributed by atoms with van der Waals surface area (Å²) >= 11 is 0. The van der Waals surface area contributed by atoms with Crippen molar-refractivity contribution in [3.8, 4) is 0 Å². The number of carbonyl (C=O) groups is 1. The van der Waals surface area contributed by atoms with Gasteiger partial charge in [-0.3, -0.25) is 9.69 Å². The van der Waals surface area contributed by atoms with E-state index in [0.29, 0.717) is 19.0 Å². The third-order valence-corrected chi connectivity index (χ3v) is 6.41. The van der Waals surface area contributed by atoms with Gasteiger partial charge in [-0.25, -0.2) is 0 Å². The summed E-state index contributed by atoms with van der Waals surface area (Å²) in [6.07, 6.45) is 4.90. The van der Waals surface area contributed by atoms with Crippen LogP contribution in [0.15, 0.2) is 23.8 Å². The number of carbonyl (C=O) groups excluding carboxylic acids is 1. The van der Waals surface area contributed by atoms with Gasteiger partial charge >= 0.3 is 6.18 Å². The zero-order valence-corrected chi connectivity index (χ0v) is 15.7. The molecule has 1 amide bonds. The van der Waals surface area contributed by atoms with Crippen molar-refractivity contribution in [2.24, 2.45) is 5.41 Å². The smallest absolute Gasteiger partial charge is 0.339 e. The van der Waals surface area contributed by atoms with E-state index < -0.39 is 11.7 Å². The maximum Gasteiger partial charge on any atom is 0.416 e. The zero-order chi connectivity index (χ0) is 18.9. The van der Waals surface area contributed by atoms with E-state index in [0.717, 1.165) is 45.2 Å². The van der Waals surface area contributed by atoms with Crippen molar-refractivity contribution in [1.29, 1.82) is 0 Å². The van der Waals surface area contributed by atoms with Crippen LogP contribution in [0.1, 0.15) is 52.4 Å². The van der Waals surface area contributed by atoms with E-state index in [1.165, 1.54) is 12.2 Å². The summed E-state index contributed by atoms with van der Waals surface area (Å²) in [6, 6.07) is 0.275. The first kappa shape index (κ1) is 19.5. The van der Waals surface area contributed by atoms with E-state index in [2.05, 4.69) is 23.6 Å². The number of alkyl halides is 3. The van der Waals surface area contributed by atoms with Crippen molar-refractivity contribution >= 4 is 5.91 Å². The fourth-order valence-corrected chi connectivity index (χ4v) is 4.84. The maximum absolute atomic E-state index is 13.2. The molecule has 6 heteroatoms.